The molecule has 0 aliphatic heterocycles. The Bertz CT molecular complexity index is 522. The highest BCUT2D eigenvalue weighted by atomic mass is 16.5. The Morgan fingerprint density at radius 2 is 2.26 bits per heavy atom. The van der Waals surface area contributed by atoms with Crippen molar-refractivity contribution in [1.82, 2.24) is 9.55 Å². The smallest absolute Gasteiger partial charge is 0.139 e. The molecule has 1 aromatic heterocycles. The number of benzene rings is 1. The molecule has 0 aliphatic carbocycles. The summed E-state index contributed by atoms with van der Waals surface area (Å²) in [5.74, 6) is 0.973. The van der Waals surface area contributed by atoms with Crippen molar-refractivity contribution in [2.75, 3.05) is 18.5 Å². The van der Waals surface area contributed by atoms with Gasteiger partial charge in [0.1, 0.15) is 5.82 Å². The molecule has 0 amide bonds. The average Bonchev–Trinajstić information content (AvgIpc) is 2.83. The number of nitrogens with zero attached hydrogens (tertiary/aromatic N) is 2. The molecule has 102 valence electrons. The summed E-state index contributed by atoms with van der Waals surface area (Å²) in [5.41, 5.74) is 2.20. The van der Waals surface area contributed by atoms with Gasteiger partial charge in [-0.3, -0.25) is 0 Å². The predicted molar refractivity (Wildman–Crippen MR) is 78.2 cm³/mol. The van der Waals surface area contributed by atoms with Gasteiger partial charge in [0.05, 0.1) is 6.61 Å². The Morgan fingerprint density at radius 3 is 2.95 bits per heavy atom. The summed E-state index contributed by atoms with van der Waals surface area (Å²) >= 11 is 0. The van der Waals surface area contributed by atoms with Crippen molar-refractivity contribution in [3.05, 3.63) is 36.7 Å². The lowest BCUT2D eigenvalue weighted by atomic mass is 10.2. The maximum Gasteiger partial charge on any atom is 0.139 e. The van der Waals surface area contributed by atoms with Crippen LogP contribution in [0.2, 0.25) is 0 Å². The third-order valence-electron chi connectivity index (χ3n) is 2.93. The molecule has 2 aromatic rings. The first kappa shape index (κ1) is 13.6. The fraction of sp³-hybridized carbons (Fsp3) is 0.400. The maximum absolute atomic E-state index is 5.41. The lowest BCUT2D eigenvalue weighted by molar-refractivity contribution is 0.141. The normalized spacial score (nSPS) is 12.4. The lowest BCUT2D eigenvalue weighted by Gasteiger charge is -2.15. The number of aryl methyl sites for hydroxylation is 1. The van der Waals surface area contributed by atoms with E-state index in [9.17, 15) is 0 Å². The summed E-state index contributed by atoms with van der Waals surface area (Å²) < 4.78 is 7.43. The number of hydrogen-bond donors (Lipinski definition) is 1. The van der Waals surface area contributed by atoms with Crippen LogP contribution in [0.3, 0.4) is 0 Å². The number of ether oxygens (including phenoxy) is 1. The van der Waals surface area contributed by atoms with Gasteiger partial charge in [-0.05, 0) is 26.0 Å². The van der Waals surface area contributed by atoms with Crippen molar-refractivity contribution in [2.45, 2.75) is 19.9 Å². The second-order valence-corrected chi connectivity index (χ2v) is 4.65. The van der Waals surface area contributed by atoms with Crippen molar-refractivity contribution >= 4 is 5.69 Å². The molecule has 1 atom stereocenters. The Balaban J connectivity index is 2.09. The third-order valence-corrected chi connectivity index (χ3v) is 2.93. The molecule has 0 saturated heterocycles. The number of anilines is 1. The molecular formula is C15H21N3O. The first-order valence-corrected chi connectivity index (χ1v) is 6.62. The molecule has 4 nitrogen and oxygen atoms in total. The quantitative estimate of drug-likeness (QED) is 0.867. The first-order chi connectivity index (χ1) is 9.20. The van der Waals surface area contributed by atoms with E-state index in [4.69, 9.17) is 4.74 Å². The zero-order chi connectivity index (χ0) is 13.7. The van der Waals surface area contributed by atoms with Gasteiger partial charge in [-0.1, -0.05) is 12.1 Å². The van der Waals surface area contributed by atoms with Gasteiger partial charge >= 0.3 is 0 Å². The van der Waals surface area contributed by atoms with Gasteiger partial charge in [0.2, 0.25) is 0 Å². The molecule has 0 fully saturated rings. The second-order valence-electron chi connectivity index (χ2n) is 4.65. The number of hydrogen-bond acceptors (Lipinski definition) is 3. The minimum Gasteiger partial charge on any atom is -0.380 e. The van der Waals surface area contributed by atoms with Gasteiger partial charge in [-0.15, -0.1) is 0 Å². The van der Waals surface area contributed by atoms with Crippen molar-refractivity contribution in [1.29, 1.82) is 0 Å². The molecule has 1 N–H and O–H groups in total. The average molecular weight is 259 g/mol. The topological polar surface area (TPSA) is 39.1 Å². The van der Waals surface area contributed by atoms with E-state index >= 15 is 0 Å². The molecule has 19 heavy (non-hydrogen) atoms. The molecule has 1 heterocycles. The van der Waals surface area contributed by atoms with Gasteiger partial charge in [-0.2, -0.15) is 0 Å². The fourth-order valence-corrected chi connectivity index (χ4v) is 2.01. The Kier molecular flexibility index (Phi) is 4.58. The van der Waals surface area contributed by atoms with Crippen LogP contribution >= 0.6 is 0 Å². The highest BCUT2D eigenvalue weighted by Crippen LogP contribution is 2.21. The molecule has 0 saturated carbocycles. The number of aromatic nitrogens is 2. The van der Waals surface area contributed by atoms with E-state index in [0.29, 0.717) is 6.61 Å². The van der Waals surface area contributed by atoms with Crippen LogP contribution in [0.25, 0.3) is 11.4 Å². The molecule has 0 aliphatic rings. The zero-order valence-corrected chi connectivity index (χ0v) is 11.8. The molecule has 0 bridgehead atoms. The predicted octanol–water partition coefficient (Wildman–Crippen LogP) is 2.92. The molecule has 4 heteroatoms. The summed E-state index contributed by atoms with van der Waals surface area (Å²) in [6.07, 6.45) is 3.76. The van der Waals surface area contributed by atoms with Gasteiger partial charge in [0.15, 0.2) is 0 Å². The highest BCUT2D eigenvalue weighted by molar-refractivity contribution is 5.62. The van der Waals surface area contributed by atoms with E-state index in [-0.39, 0.29) is 6.04 Å². The van der Waals surface area contributed by atoms with Crippen molar-refractivity contribution in [3.8, 4) is 11.4 Å². The second kappa shape index (κ2) is 6.38. The molecule has 1 aromatic carbocycles. The Hall–Kier alpha value is -1.81. The fourth-order valence-electron chi connectivity index (χ4n) is 2.01. The molecule has 0 unspecified atom stereocenters. The van der Waals surface area contributed by atoms with Crippen LogP contribution in [0.15, 0.2) is 36.7 Å². The lowest BCUT2D eigenvalue weighted by Crippen LogP contribution is -2.21. The molecule has 0 radical (unpaired) electrons. The Morgan fingerprint density at radius 1 is 1.42 bits per heavy atom. The molecule has 0 spiro atoms. The minimum atomic E-state index is 0.288. The number of nitrogens with one attached hydrogen (secondary N) is 1. The van der Waals surface area contributed by atoms with Gasteiger partial charge in [0, 0.05) is 43.3 Å². The summed E-state index contributed by atoms with van der Waals surface area (Å²) in [4.78, 5) is 4.37. The molecule has 2 rings (SSSR count). The Labute approximate surface area is 114 Å². The first-order valence-electron chi connectivity index (χ1n) is 6.62. The van der Waals surface area contributed by atoms with Gasteiger partial charge in [-0.25, -0.2) is 4.98 Å². The van der Waals surface area contributed by atoms with Crippen molar-refractivity contribution in [2.24, 2.45) is 7.05 Å². The van der Waals surface area contributed by atoms with Crippen LogP contribution in [-0.2, 0) is 11.8 Å². The summed E-state index contributed by atoms with van der Waals surface area (Å²) in [7, 11) is 2.00. The standard InChI is InChI=1S/C15H21N3O/c1-4-19-11-12(2)17-14-7-5-6-13(10-14)15-16-8-9-18(15)3/h5-10,12,17H,4,11H2,1-3H3/t12-/m0/s1. The summed E-state index contributed by atoms with van der Waals surface area (Å²) in [6, 6.07) is 8.58. The van der Waals surface area contributed by atoms with Crippen LogP contribution < -0.4 is 5.32 Å². The SMILES string of the molecule is CCOC[C@H](C)Nc1cccc(-c2nccn2C)c1. The van der Waals surface area contributed by atoms with Crippen LogP contribution in [-0.4, -0.2) is 28.8 Å². The van der Waals surface area contributed by atoms with E-state index in [0.717, 1.165) is 23.7 Å². The monoisotopic (exact) mass is 259 g/mol. The highest BCUT2D eigenvalue weighted by Gasteiger charge is 2.06. The zero-order valence-electron chi connectivity index (χ0n) is 11.8. The van der Waals surface area contributed by atoms with E-state index in [2.05, 4.69) is 35.4 Å². The van der Waals surface area contributed by atoms with Gasteiger partial charge < -0.3 is 14.6 Å². The van der Waals surface area contributed by atoms with E-state index in [1.165, 1.54) is 0 Å². The van der Waals surface area contributed by atoms with E-state index in [1.807, 2.05) is 37.0 Å². The van der Waals surface area contributed by atoms with Crippen molar-refractivity contribution in [3.63, 3.8) is 0 Å². The van der Waals surface area contributed by atoms with Crippen molar-refractivity contribution < 1.29 is 4.74 Å². The van der Waals surface area contributed by atoms with E-state index in [1.54, 1.807) is 0 Å². The number of imidazole rings is 1. The third kappa shape index (κ3) is 3.58. The van der Waals surface area contributed by atoms with Gasteiger partial charge in [0.25, 0.3) is 0 Å². The minimum absolute atomic E-state index is 0.288. The van der Waals surface area contributed by atoms with E-state index < -0.39 is 0 Å². The van der Waals surface area contributed by atoms with Crippen LogP contribution in [0, 0.1) is 0 Å². The largest absolute Gasteiger partial charge is 0.380 e. The number of rotatable bonds is 6. The molecular weight excluding hydrogens is 238 g/mol. The summed E-state index contributed by atoms with van der Waals surface area (Å²) in [5, 5.41) is 3.44. The van der Waals surface area contributed by atoms with Crippen LogP contribution in [0.5, 0.6) is 0 Å². The van der Waals surface area contributed by atoms with Crippen LogP contribution in [0.4, 0.5) is 5.69 Å². The maximum atomic E-state index is 5.41. The summed E-state index contributed by atoms with van der Waals surface area (Å²) in [6.45, 7) is 5.58. The van der Waals surface area contributed by atoms with Crippen LogP contribution in [0.1, 0.15) is 13.8 Å².